The molecule has 0 radical (unpaired) electrons. The molecular weight excluding hydrogens is 223 g/mol. The first-order valence-electron chi connectivity index (χ1n) is 5.56. The van der Waals surface area contributed by atoms with Crippen molar-refractivity contribution < 1.29 is 13.9 Å². The van der Waals surface area contributed by atoms with Crippen LogP contribution in [0.15, 0.2) is 18.2 Å². The molecule has 0 aromatic heterocycles. The molecular formula is C12H15FN2O2. The average molecular weight is 238 g/mol. The molecule has 17 heavy (non-hydrogen) atoms. The van der Waals surface area contributed by atoms with Crippen molar-refractivity contribution in [3.63, 3.8) is 0 Å². The van der Waals surface area contributed by atoms with Crippen molar-refractivity contribution in [2.75, 3.05) is 13.2 Å². The molecule has 0 atom stereocenters. The van der Waals surface area contributed by atoms with E-state index in [1.165, 1.54) is 6.07 Å². The highest BCUT2D eigenvalue weighted by atomic mass is 19.1. The Morgan fingerprint density at radius 1 is 1.41 bits per heavy atom. The second kappa shape index (κ2) is 5.14. The van der Waals surface area contributed by atoms with Crippen molar-refractivity contribution in [2.24, 2.45) is 5.73 Å². The average Bonchev–Trinajstić information content (AvgIpc) is 2.30. The molecule has 1 aromatic rings. The maximum atomic E-state index is 13.5. The van der Waals surface area contributed by atoms with Crippen molar-refractivity contribution in [2.45, 2.75) is 18.9 Å². The van der Waals surface area contributed by atoms with Gasteiger partial charge in [0.15, 0.2) is 0 Å². The van der Waals surface area contributed by atoms with Crippen molar-refractivity contribution in [1.82, 2.24) is 0 Å². The lowest BCUT2D eigenvalue weighted by Crippen LogP contribution is -2.27. The summed E-state index contributed by atoms with van der Waals surface area (Å²) < 4.78 is 24.4. The van der Waals surface area contributed by atoms with E-state index in [0.29, 0.717) is 19.0 Å². The molecule has 1 aromatic carbocycles. The molecule has 4 nitrogen and oxygen atoms in total. The van der Waals surface area contributed by atoms with E-state index in [2.05, 4.69) is 0 Å². The van der Waals surface area contributed by atoms with Crippen molar-refractivity contribution >= 4 is 5.84 Å². The highest BCUT2D eigenvalue weighted by Crippen LogP contribution is 2.24. The van der Waals surface area contributed by atoms with Gasteiger partial charge in [0, 0.05) is 12.8 Å². The predicted octanol–water partition coefficient (Wildman–Crippen LogP) is 1.67. The number of hydrogen-bond donors (Lipinski definition) is 2. The SMILES string of the molecule is N=C(N)c1c(F)cccc1OC1CCOCC1. The first-order chi connectivity index (χ1) is 8.18. The Morgan fingerprint density at radius 2 is 2.12 bits per heavy atom. The number of nitrogens with two attached hydrogens (primary N) is 1. The lowest BCUT2D eigenvalue weighted by Gasteiger charge is -2.24. The van der Waals surface area contributed by atoms with Crippen LogP contribution < -0.4 is 10.5 Å². The van der Waals surface area contributed by atoms with Crippen molar-refractivity contribution in [3.05, 3.63) is 29.6 Å². The topological polar surface area (TPSA) is 68.3 Å². The zero-order valence-electron chi connectivity index (χ0n) is 9.41. The first kappa shape index (κ1) is 11.9. The van der Waals surface area contributed by atoms with E-state index in [0.717, 1.165) is 12.8 Å². The Kier molecular flexibility index (Phi) is 3.58. The minimum atomic E-state index is -0.526. The third kappa shape index (κ3) is 2.74. The summed E-state index contributed by atoms with van der Waals surface area (Å²) in [5.74, 6) is -0.503. The molecule has 0 saturated carbocycles. The van der Waals surface area contributed by atoms with Gasteiger partial charge in [0.05, 0.1) is 18.8 Å². The summed E-state index contributed by atoms with van der Waals surface area (Å²) in [4.78, 5) is 0. The van der Waals surface area contributed by atoms with Gasteiger partial charge in [0.25, 0.3) is 0 Å². The summed E-state index contributed by atoms with van der Waals surface area (Å²) in [5.41, 5.74) is 5.40. The van der Waals surface area contributed by atoms with E-state index in [-0.39, 0.29) is 17.5 Å². The minimum absolute atomic E-state index is 0.00338. The molecule has 1 heterocycles. The molecule has 0 unspecified atom stereocenters. The van der Waals surface area contributed by atoms with Crippen LogP contribution in [0.4, 0.5) is 4.39 Å². The Balaban J connectivity index is 2.19. The van der Waals surface area contributed by atoms with Crippen molar-refractivity contribution in [1.29, 1.82) is 5.41 Å². The van der Waals surface area contributed by atoms with Crippen LogP contribution in [0, 0.1) is 11.2 Å². The highest BCUT2D eigenvalue weighted by Gasteiger charge is 2.19. The van der Waals surface area contributed by atoms with Crippen LogP contribution in [-0.2, 0) is 4.74 Å². The summed E-state index contributed by atoms with van der Waals surface area (Å²) >= 11 is 0. The van der Waals surface area contributed by atoms with Gasteiger partial charge in [-0.15, -0.1) is 0 Å². The van der Waals surface area contributed by atoms with E-state index in [1.807, 2.05) is 0 Å². The summed E-state index contributed by atoms with van der Waals surface area (Å²) in [5, 5.41) is 7.37. The maximum absolute atomic E-state index is 13.5. The third-order valence-electron chi connectivity index (χ3n) is 2.71. The highest BCUT2D eigenvalue weighted by molar-refractivity contribution is 5.97. The van der Waals surface area contributed by atoms with Crippen LogP contribution >= 0.6 is 0 Å². The quantitative estimate of drug-likeness (QED) is 0.621. The van der Waals surface area contributed by atoms with E-state index in [9.17, 15) is 4.39 Å². The summed E-state index contributed by atoms with van der Waals surface area (Å²) in [6.45, 7) is 1.30. The fourth-order valence-electron chi connectivity index (χ4n) is 1.84. The van der Waals surface area contributed by atoms with E-state index in [4.69, 9.17) is 20.6 Å². The van der Waals surface area contributed by atoms with Gasteiger partial charge in [-0.25, -0.2) is 4.39 Å². The summed E-state index contributed by atoms with van der Waals surface area (Å²) in [6.07, 6.45) is 1.55. The van der Waals surface area contributed by atoms with Crippen LogP contribution in [0.1, 0.15) is 18.4 Å². The number of halogens is 1. The Labute approximate surface area is 99.0 Å². The minimum Gasteiger partial charge on any atom is -0.489 e. The largest absolute Gasteiger partial charge is 0.489 e. The number of nitrogen functional groups attached to an aromatic ring is 1. The van der Waals surface area contributed by atoms with Gasteiger partial charge in [-0.3, -0.25) is 5.41 Å². The predicted molar refractivity (Wildman–Crippen MR) is 61.9 cm³/mol. The molecule has 0 bridgehead atoms. The van der Waals surface area contributed by atoms with Crippen molar-refractivity contribution in [3.8, 4) is 5.75 Å². The van der Waals surface area contributed by atoms with E-state index >= 15 is 0 Å². The van der Waals surface area contributed by atoms with E-state index in [1.54, 1.807) is 12.1 Å². The second-order valence-corrected chi connectivity index (χ2v) is 3.96. The lowest BCUT2D eigenvalue weighted by atomic mass is 10.1. The molecule has 1 saturated heterocycles. The second-order valence-electron chi connectivity index (χ2n) is 3.96. The lowest BCUT2D eigenvalue weighted by molar-refractivity contribution is 0.0254. The molecule has 92 valence electrons. The van der Waals surface area contributed by atoms with Gasteiger partial charge in [-0.1, -0.05) is 6.07 Å². The van der Waals surface area contributed by atoms with Gasteiger partial charge in [0.2, 0.25) is 0 Å². The smallest absolute Gasteiger partial charge is 0.137 e. The van der Waals surface area contributed by atoms with Gasteiger partial charge in [-0.2, -0.15) is 0 Å². The van der Waals surface area contributed by atoms with Crippen LogP contribution in [0.3, 0.4) is 0 Å². The molecule has 1 fully saturated rings. The van der Waals surface area contributed by atoms with Crippen LogP contribution in [-0.4, -0.2) is 25.2 Å². The Morgan fingerprint density at radius 3 is 2.76 bits per heavy atom. The zero-order valence-corrected chi connectivity index (χ0v) is 9.41. The Bertz CT molecular complexity index is 417. The summed E-state index contributed by atoms with van der Waals surface area (Å²) in [7, 11) is 0. The number of ether oxygens (including phenoxy) is 2. The molecule has 1 aliphatic heterocycles. The van der Waals surface area contributed by atoms with Crippen LogP contribution in [0.25, 0.3) is 0 Å². The standard InChI is InChI=1S/C12H15FN2O2/c13-9-2-1-3-10(11(9)12(14)15)17-8-4-6-16-7-5-8/h1-3,8H,4-7H2,(H3,14,15). The molecule has 2 rings (SSSR count). The van der Waals surface area contributed by atoms with Gasteiger partial charge in [-0.05, 0) is 12.1 Å². The zero-order chi connectivity index (χ0) is 12.3. The molecule has 3 N–H and O–H groups in total. The molecule has 0 amide bonds. The molecule has 5 heteroatoms. The summed E-state index contributed by atoms with van der Waals surface area (Å²) in [6, 6.07) is 4.46. The number of nitrogens with one attached hydrogen (secondary N) is 1. The van der Waals surface area contributed by atoms with Gasteiger partial charge < -0.3 is 15.2 Å². The molecule has 0 aliphatic carbocycles. The monoisotopic (exact) mass is 238 g/mol. The molecule has 1 aliphatic rings. The fraction of sp³-hybridized carbons (Fsp3) is 0.417. The van der Waals surface area contributed by atoms with Gasteiger partial charge in [0.1, 0.15) is 23.5 Å². The number of rotatable bonds is 3. The van der Waals surface area contributed by atoms with Crippen LogP contribution in [0.5, 0.6) is 5.75 Å². The first-order valence-corrected chi connectivity index (χ1v) is 5.56. The number of benzene rings is 1. The number of hydrogen-bond acceptors (Lipinski definition) is 3. The maximum Gasteiger partial charge on any atom is 0.137 e. The van der Waals surface area contributed by atoms with E-state index < -0.39 is 5.82 Å². The normalized spacial score (nSPS) is 16.8. The molecule has 0 spiro atoms. The number of amidine groups is 1. The van der Waals surface area contributed by atoms with Gasteiger partial charge >= 0.3 is 0 Å². The van der Waals surface area contributed by atoms with Crippen LogP contribution in [0.2, 0.25) is 0 Å². The fourth-order valence-corrected chi connectivity index (χ4v) is 1.84. The third-order valence-corrected chi connectivity index (χ3v) is 2.71. The Hall–Kier alpha value is -1.62.